The number of sulfonamides is 1. The van der Waals surface area contributed by atoms with Crippen LogP contribution in [0.3, 0.4) is 0 Å². The highest BCUT2D eigenvalue weighted by Crippen LogP contribution is 2.16. The summed E-state index contributed by atoms with van der Waals surface area (Å²) in [5, 5.41) is 9.36. The Bertz CT molecular complexity index is 690. The largest absolute Gasteiger partial charge is 0.487 e. The van der Waals surface area contributed by atoms with Crippen LogP contribution < -0.4 is 9.88 Å². The maximum atomic E-state index is 11.1. The van der Waals surface area contributed by atoms with Crippen molar-refractivity contribution in [2.75, 3.05) is 0 Å². The van der Waals surface area contributed by atoms with Gasteiger partial charge < -0.3 is 4.74 Å². The van der Waals surface area contributed by atoms with E-state index < -0.39 is 10.0 Å². The van der Waals surface area contributed by atoms with Crippen molar-refractivity contribution in [2.24, 2.45) is 5.14 Å². The Kier molecular flexibility index (Phi) is 4.10. The van der Waals surface area contributed by atoms with Crippen LogP contribution >= 0.6 is 0 Å². The quantitative estimate of drug-likeness (QED) is 0.904. The molecule has 0 aliphatic rings. The molecule has 1 heterocycles. The maximum absolute atomic E-state index is 11.1. The van der Waals surface area contributed by atoms with E-state index in [9.17, 15) is 8.42 Å². The van der Waals surface area contributed by atoms with Crippen molar-refractivity contribution in [3.8, 4) is 5.75 Å². The SMILES string of the molecule is CCn1nc(C)cc1COc1ccc(S(N)(=O)=O)cc1. The molecule has 2 N–H and O–H groups in total. The first-order chi connectivity index (χ1) is 9.40. The number of hydrogen-bond acceptors (Lipinski definition) is 4. The molecule has 0 aliphatic heterocycles. The lowest BCUT2D eigenvalue weighted by Gasteiger charge is -2.08. The van der Waals surface area contributed by atoms with E-state index in [1.807, 2.05) is 24.6 Å². The summed E-state index contributed by atoms with van der Waals surface area (Å²) < 4.78 is 29.8. The molecule has 20 heavy (non-hydrogen) atoms. The molecule has 0 unspecified atom stereocenters. The third kappa shape index (κ3) is 3.37. The Balaban J connectivity index is 2.07. The standard InChI is InChI=1S/C13H17N3O3S/c1-3-16-11(8-10(2)15-16)9-19-12-4-6-13(7-5-12)20(14,17)18/h4-8H,3,9H2,1-2H3,(H2,14,17,18). The molecule has 1 aromatic carbocycles. The van der Waals surface area contributed by atoms with Gasteiger partial charge in [-0.2, -0.15) is 5.10 Å². The van der Waals surface area contributed by atoms with Crippen LogP contribution in [0.1, 0.15) is 18.3 Å². The molecular weight excluding hydrogens is 278 g/mol. The van der Waals surface area contributed by atoms with Crippen molar-refractivity contribution in [1.82, 2.24) is 9.78 Å². The normalized spacial score (nSPS) is 11.6. The molecule has 7 heteroatoms. The minimum absolute atomic E-state index is 0.0688. The van der Waals surface area contributed by atoms with E-state index in [0.717, 1.165) is 17.9 Å². The monoisotopic (exact) mass is 295 g/mol. The second kappa shape index (κ2) is 5.64. The predicted octanol–water partition coefficient (Wildman–Crippen LogP) is 1.44. The van der Waals surface area contributed by atoms with Gasteiger partial charge >= 0.3 is 0 Å². The molecule has 0 saturated heterocycles. The van der Waals surface area contributed by atoms with E-state index in [-0.39, 0.29) is 4.90 Å². The molecule has 1 aromatic heterocycles. The average Bonchev–Trinajstić information content (AvgIpc) is 2.76. The van der Waals surface area contributed by atoms with Crippen LogP contribution in [-0.4, -0.2) is 18.2 Å². The fourth-order valence-electron chi connectivity index (χ4n) is 1.87. The number of rotatable bonds is 5. The van der Waals surface area contributed by atoms with E-state index in [0.29, 0.717) is 12.4 Å². The highest BCUT2D eigenvalue weighted by Gasteiger charge is 2.08. The smallest absolute Gasteiger partial charge is 0.238 e. The molecule has 2 rings (SSSR count). The minimum atomic E-state index is -3.66. The van der Waals surface area contributed by atoms with Gasteiger partial charge in [-0.05, 0) is 44.2 Å². The molecule has 0 saturated carbocycles. The van der Waals surface area contributed by atoms with E-state index in [2.05, 4.69) is 5.10 Å². The van der Waals surface area contributed by atoms with Crippen LogP contribution in [0.2, 0.25) is 0 Å². The van der Waals surface area contributed by atoms with E-state index in [1.54, 1.807) is 12.1 Å². The van der Waals surface area contributed by atoms with Crippen molar-refractivity contribution in [3.63, 3.8) is 0 Å². The molecule has 0 atom stereocenters. The van der Waals surface area contributed by atoms with Crippen LogP contribution in [0.15, 0.2) is 35.2 Å². The number of nitrogens with zero attached hydrogens (tertiary/aromatic N) is 2. The number of hydrogen-bond donors (Lipinski definition) is 1. The summed E-state index contributed by atoms with van der Waals surface area (Å²) in [7, 11) is -3.66. The lowest BCUT2D eigenvalue weighted by Crippen LogP contribution is -2.11. The van der Waals surface area contributed by atoms with Crippen molar-refractivity contribution in [1.29, 1.82) is 0 Å². The van der Waals surface area contributed by atoms with Crippen LogP contribution in [0, 0.1) is 6.92 Å². The van der Waals surface area contributed by atoms with E-state index in [4.69, 9.17) is 9.88 Å². The molecule has 0 amide bonds. The van der Waals surface area contributed by atoms with Gasteiger partial charge in [-0.1, -0.05) is 0 Å². The number of benzene rings is 1. The Morgan fingerprint density at radius 3 is 2.50 bits per heavy atom. The number of nitrogens with two attached hydrogens (primary N) is 1. The zero-order chi connectivity index (χ0) is 14.8. The number of aryl methyl sites for hydroxylation is 2. The first kappa shape index (κ1) is 14.5. The van der Waals surface area contributed by atoms with Crippen molar-refractivity contribution >= 4 is 10.0 Å². The number of primary sulfonamides is 1. The summed E-state index contributed by atoms with van der Waals surface area (Å²) in [6.45, 7) is 5.09. The topological polar surface area (TPSA) is 87.2 Å². The van der Waals surface area contributed by atoms with Gasteiger partial charge in [0, 0.05) is 6.54 Å². The lowest BCUT2D eigenvalue weighted by atomic mass is 10.3. The number of ether oxygens (including phenoxy) is 1. The molecule has 0 radical (unpaired) electrons. The van der Waals surface area contributed by atoms with E-state index >= 15 is 0 Å². The summed E-state index contributed by atoms with van der Waals surface area (Å²) in [5.74, 6) is 0.582. The summed E-state index contributed by atoms with van der Waals surface area (Å²) in [5.41, 5.74) is 1.91. The molecule has 0 fully saturated rings. The molecule has 2 aromatic rings. The fourth-order valence-corrected chi connectivity index (χ4v) is 2.39. The first-order valence-electron chi connectivity index (χ1n) is 6.19. The second-order valence-electron chi connectivity index (χ2n) is 4.40. The Labute approximate surface area is 118 Å². The highest BCUT2D eigenvalue weighted by molar-refractivity contribution is 7.89. The highest BCUT2D eigenvalue weighted by atomic mass is 32.2. The molecule has 0 bridgehead atoms. The third-order valence-electron chi connectivity index (χ3n) is 2.82. The van der Waals surface area contributed by atoms with Gasteiger partial charge in [0.25, 0.3) is 0 Å². The number of aromatic nitrogens is 2. The summed E-state index contributed by atoms with van der Waals surface area (Å²) in [6.07, 6.45) is 0. The Morgan fingerprint density at radius 2 is 1.95 bits per heavy atom. The Morgan fingerprint density at radius 1 is 1.30 bits per heavy atom. The van der Waals surface area contributed by atoms with Crippen LogP contribution in [0.25, 0.3) is 0 Å². The molecule has 6 nitrogen and oxygen atoms in total. The second-order valence-corrected chi connectivity index (χ2v) is 5.96. The molecule has 0 spiro atoms. The van der Waals surface area contributed by atoms with Gasteiger partial charge in [-0.3, -0.25) is 4.68 Å². The lowest BCUT2D eigenvalue weighted by molar-refractivity contribution is 0.292. The van der Waals surface area contributed by atoms with Gasteiger partial charge in [0.2, 0.25) is 10.0 Å². The van der Waals surface area contributed by atoms with Gasteiger partial charge in [-0.15, -0.1) is 0 Å². The fraction of sp³-hybridized carbons (Fsp3) is 0.308. The third-order valence-corrected chi connectivity index (χ3v) is 3.75. The van der Waals surface area contributed by atoms with Gasteiger partial charge in [0.15, 0.2) is 0 Å². The molecule has 0 aliphatic carbocycles. The Hall–Kier alpha value is -1.86. The van der Waals surface area contributed by atoms with Gasteiger partial charge in [0.1, 0.15) is 12.4 Å². The van der Waals surface area contributed by atoms with Crippen LogP contribution in [0.5, 0.6) is 5.75 Å². The molecular formula is C13H17N3O3S. The van der Waals surface area contributed by atoms with Crippen molar-refractivity contribution in [2.45, 2.75) is 31.9 Å². The zero-order valence-corrected chi connectivity index (χ0v) is 12.2. The van der Waals surface area contributed by atoms with Crippen LogP contribution in [0.4, 0.5) is 0 Å². The summed E-state index contributed by atoms with van der Waals surface area (Å²) >= 11 is 0. The summed E-state index contributed by atoms with van der Waals surface area (Å²) in [6, 6.07) is 7.97. The summed E-state index contributed by atoms with van der Waals surface area (Å²) in [4.78, 5) is 0.0688. The van der Waals surface area contributed by atoms with Gasteiger partial charge in [-0.25, -0.2) is 13.6 Å². The van der Waals surface area contributed by atoms with Crippen molar-refractivity contribution < 1.29 is 13.2 Å². The van der Waals surface area contributed by atoms with Crippen molar-refractivity contribution in [3.05, 3.63) is 41.7 Å². The molecule has 108 valence electrons. The first-order valence-corrected chi connectivity index (χ1v) is 7.74. The minimum Gasteiger partial charge on any atom is -0.487 e. The average molecular weight is 295 g/mol. The predicted molar refractivity (Wildman–Crippen MR) is 74.8 cm³/mol. The van der Waals surface area contributed by atoms with Crippen LogP contribution in [-0.2, 0) is 23.2 Å². The van der Waals surface area contributed by atoms with E-state index in [1.165, 1.54) is 12.1 Å². The zero-order valence-electron chi connectivity index (χ0n) is 11.4. The van der Waals surface area contributed by atoms with Gasteiger partial charge in [0.05, 0.1) is 16.3 Å². The maximum Gasteiger partial charge on any atom is 0.238 e.